The van der Waals surface area contributed by atoms with Gasteiger partial charge in [-0.1, -0.05) is 26.8 Å². The summed E-state index contributed by atoms with van der Waals surface area (Å²) in [5.41, 5.74) is -1.28. The zero-order valence-electron chi connectivity index (χ0n) is 16.4. The molecular formula is C18H31NO6Si. The zero-order valence-corrected chi connectivity index (χ0v) is 17.4. The number of carboxylic acids is 1. The van der Waals surface area contributed by atoms with Crippen molar-refractivity contribution in [3.05, 3.63) is 12.7 Å². The van der Waals surface area contributed by atoms with Crippen molar-refractivity contribution in [3.8, 4) is 0 Å². The standard InChI is InChI=1S/C18H31NO6Si/c1-7-9-18(10-8-11-25-26(5,6)17(2,3)4)13(20)12-19(16(23)24)14(18)15(21)22/h7,14H,1,8-12H2,2-6H3,(H,21,22)(H,23,24)/t14-,18+/m1/s1. The molecule has 1 aliphatic heterocycles. The molecule has 0 aromatic rings. The highest BCUT2D eigenvalue weighted by atomic mass is 28.4. The van der Waals surface area contributed by atoms with Gasteiger partial charge in [-0.25, -0.2) is 9.59 Å². The Bertz CT molecular complexity index is 583. The molecule has 1 amide bonds. The lowest BCUT2D eigenvalue weighted by Gasteiger charge is -2.37. The highest BCUT2D eigenvalue weighted by Gasteiger charge is 2.58. The number of Topliss-reactive ketones (excluding diaryl/α,β-unsaturated/α-hetero) is 1. The van der Waals surface area contributed by atoms with Gasteiger partial charge in [0.2, 0.25) is 0 Å². The van der Waals surface area contributed by atoms with Crippen LogP contribution in [0.1, 0.15) is 40.0 Å². The number of carbonyl (C=O) groups is 3. The second-order valence-electron chi connectivity index (χ2n) is 8.44. The number of rotatable bonds is 8. The van der Waals surface area contributed by atoms with Crippen molar-refractivity contribution in [2.75, 3.05) is 13.2 Å². The van der Waals surface area contributed by atoms with Gasteiger partial charge in [-0.15, -0.1) is 6.58 Å². The highest BCUT2D eigenvalue weighted by Crippen LogP contribution is 2.43. The monoisotopic (exact) mass is 385 g/mol. The minimum absolute atomic E-state index is 0.0543. The Morgan fingerprint density at radius 1 is 1.38 bits per heavy atom. The van der Waals surface area contributed by atoms with Gasteiger partial charge in [-0.05, 0) is 37.4 Å². The van der Waals surface area contributed by atoms with Crippen molar-refractivity contribution in [1.82, 2.24) is 4.90 Å². The molecule has 0 aliphatic carbocycles. The van der Waals surface area contributed by atoms with Gasteiger partial charge in [-0.3, -0.25) is 9.69 Å². The van der Waals surface area contributed by atoms with Crippen LogP contribution in [0.3, 0.4) is 0 Å². The molecule has 1 heterocycles. The fourth-order valence-electron chi connectivity index (χ4n) is 3.19. The van der Waals surface area contributed by atoms with Crippen LogP contribution >= 0.6 is 0 Å². The van der Waals surface area contributed by atoms with Crippen LogP contribution < -0.4 is 0 Å². The lowest BCUT2D eigenvalue weighted by Crippen LogP contribution is -2.48. The van der Waals surface area contributed by atoms with E-state index in [1.165, 1.54) is 6.08 Å². The van der Waals surface area contributed by atoms with Crippen LogP contribution in [0.4, 0.5) is 4.79 Å². The number of aliphatic carboxylic acids is 1. The zero-order chi connectivity index (χ0) is 20.3. The number of carbonyl (C=O) groups excluding carboxylic acids is 1. The maximum absolute atomic E-state index is 12.6. The first-order valence-corrected chi connectivity index (χ1v) is 11.7. The topological polar surface area (TPSA) is 104 Å². The number of allylic oxidation sites excluding steroid dienone is 1. The number of ketones is 1. The van der Waals surface area contributed by atoms with Gasteiger partial charge >= 0.3 is 12.1 Å². The van der Waals surface area contributed by atoms with Crippen LogP contribution in [0.2, 0.25) is 18.1 Å². The Kier molecular flexibility index (Phi) is 6.81. The van der Waals surface area contributed by atoms with Gasteiger partial charge in [0.15, 0.2) is 14.1 Å². The quantitative estimate of drug-likeness (QED) is 0.377. The van der Waals surface area contributed by atoms with E-state index in [1.54, 1.807) is 0 Å². The minimum Gasteiger partial charge on any atom is -0.480 e. The number of hydrogen-bond donors (Lipinski definition) is 2. The average molecular weight is 386 g/mol. The van der Waals surface area contributed by atoms with Gasteiger partial charge in [-0.2, -0.15) is 0 Å². The van der Waals surface area contributed by atoms with Crippen LogP contribution in [-0.4, -0.2) is 60.5 Å². The second kappa shape index (κ2) is 7.92. The molecule has 2 atom stereocenters. The molecule has 7 nitrogen and oxygen atoms in total. The molecule has 8 heteroatoms. The Labute approximate surface area is 156 Å². The number of amides is 1. The van der Waals surface area contributed by atoms with Crippen LogP contribution in [-0.2, 0) is 14.0 Å². The lowest BCUT2D eigenvalue weighted by molar-refractivity contribution is -0.147. The largest absolute Gasteiger partial charge is 0.480 e. The van der Waals surface area contributed by atoms with Crippen molar-refractivity contribution < 1.29 is 29.0 Å². The van der Waals surface area contributed by atoms with Crippen molar-refractivity contribution in [2.24, 2.45) is 5.41 Å². The summed E-state index contributed by atoms with van der Waals surface area (Å²) in [7, 11) is -1.94. The molecule has 0 aromatic heterocycles. The highest BCUT2D eigenvalue weighted by molar-refractivity contribution is 6.74. The van der Waals surface area contributed by atoms with E-state index < -0.39 is 38.4 Å². The Hall–Kier alpha value is -1.67. The molecule has 1 aliphatic rings. The van der Waals surface area contributed by atoms with E-state index in [0.717, 1.165) is 4.90 Å². The van der Waals surface area contributed by atoms with E-state index in [1.807, 2.05) is 0 Å². The van der Waals surface area contributed by atoms with Gasteiger partial charge in [0, 0.05) is 6.61 Å². The third-order valence-corrected chi connectivity index (χ3v) is 10.3. The molecule has 2 N–H and O–H groups in total. The summed E-state index contributed by atoms with van der Waals surface area (Å²) >= 11 is 0. The predicted molar refractivity (Wildman–Crippen MR) is 101 cm³/mol. The third-order valence-electron chi connectivity index (χ3n) is 5.73. The molecule has 0 spiro atoms. The van der Waals surface area contributed by atoms with Gasteiger partial charge in [0.05, 0.1) is 12.0 Å². The van der Waals surface area contributed by atoms with Crippen LogP contribution in [0.25, 0.3) is 0 Å². The molecule has 0 bridgehead atoms. The van der Waals surface area contributed by atoms with Crippen LogP contribution in [0.5, 0.6) is 0 Å². The fraction of sp³-hybridized carbons (Fsp3) is 0.722. The summed E-state index contributed by atoms with van der Waals surface area (Å²) < 4.78 is 6.11. The van der Waals surface area contributed by atoms with Gasteiger partial charge < -0.3 is 14.6 Å². The van der Waals surface area contributed by atoms with Crippen LogP contribution in [0, 0.1) is 5.41 Å². The first-order valence-electron chi connectivity index (χ1n) is 8.80. The molecule has 1 rings (SSSR count). The van der Waals surface area contributed by atoms with Crippen molar-refractivity contribution in [3.63, 3.8) is 0 Å². The normalized spacial score (nSPS) is 24.0. The molecule has 148 valence electrons. The Balaban J connectivity index is 2.95. The molecule has 0 radical (unpaired) electrons. The van der Waals surface area contributed by atoms with E-state index >= 15 is 0 Å². The van der Waals surface area contributed by atoms with E-state index in [0.29, 0.717) is 13.0 Å². The van der Waals surface area contributed by atoms with E-state index in [9.17, 15) is 24.6 Å². The summed E-state index contributed by atoms with van der Waals surface area (Å²) in [6.07, 6.45) is 0.978. The number of nitrogens with zero attached hydrogens (tertiary/aromatic N) is 1. The Morgan fingerprint density at radius 2 is 1.96 bits per heavy atom. The molecule has 0 saturated carbocycles. The molecule has 1 fully saturated rings. The number of likely N-dealkylation sites (tertiary alicyclic amines) is 1. The second-order valence-corrected chi connectivity index (χ2v) is 13.2. The van der Waals surface area contributed by atoms with E-state index in [-0.39, 0.29) is 23.7 Å². The number of hydrogen-bond acceptors (Lipinski definition) is 4. The van der Waals surface area contributed by atoms with Crippen molar-refractivity contribution >= 4 is 26.2 Å². The smallest absolute Gasteiger partial charge is 0.408 e. The average Bonchev–Trinajstić information content (AvgIpc) is 2.77. The molecule has 0 unspecified atom stereocenters. The summed E-state index contributed by atoms with van der Waals surface area (Å²) in [6.45, 7) is 14.3. The van der Waals surface area contributed by atoms with Crippen molar-refractivity contribution in [2.45, 2.75) is 64.2 Å². The first kappa shape index (κ1) is 22.4. The Morgan fingerprint density at radius 3 is 2.38 bits per heavy atom. The summed E-state index contributed by atoms with van der Waals surface area (Å²) in [6, 6.07) is -1.39. The maximum Gasteiger partial charge on any atom is 0.408 e. The lowest BCUT2D eigenvalue weighted by atomic mass is 9.73. The third kappa shape index (κ3) is 4.35. The predicted octanol–water partition coefficient (Wildman–Crippen LogP) is 3.37. The molecule has 1 saturated heterocycles. The molecule has 26 heavy (non-hydrogen) atoms. The molecular weight excluding hydrogens is 354 g/mol. The minimum atomic E-state index is -1.94. The van der Waals surface area contributed by atoms with Gasteiger partial charge in [0.1, 0.15) is 6.04 Å². The first-order chi connectivity index (χ1) is 11.8. The van der Waals surface area contributed by atoms with E-state index in [2.05, 4.69) is 40.4 Å². The SMILES string of the molecule is C=CC[C@]1(CCCO[Si](C)(C)C(C)(C)C)C(=O)CN(C(=O)O)[C@@H]1C(=O)O. The molecule has 0 aromatic carbocycles. The van der Waals surface area contributed by atoms with Crippen molar-refractivity contribution in [1.29, 1.82) is 0 Å². The fourth-order valence-corrected chi connectivity index (χ4v) is 4.28. The summed E-state index contributed by atoms with van der Waals surface area (Å²) in [5.74, 6) is -1.66. The number of carboxylic acid groups (broad SMARTS) is 2. The summed E-state index contributed by atoms with van der Waals surface area (Å²) in [5, 5.41) is 18.9. The van der Waals surface area contributed by atoms with E-state index in [4.69, 9.17) is 4.43 Å². The maximum atomic E-state index is 12.6. The van der Waals surface area contributed by atoms with Crippen LogP contribution in [0.15, 0.2) is 12.7 Å². The summed E-state index contributed by atoms with van der Waals surface area (Å²) in [4.78, 5) is 36.5. The van der Waals surface area contributed by atoms with Gasteiger partial charge in [0.25, 0.3) is 0 Å².